The summed E-state index contributed by atoms with van der Waals surface area (Å²) in [5.74, 6) is -1.41. The lowest BCUT2D eigenvalue weighted by Gasteiger charge is -2.16. The van der Waals surface area contributed by atoms with Gasteiger partial charge in [0.15, 0.2) is 17.7 Å². The maximum atomic E-state index is 12.2. The molecule has 3 heterocycles. The summed E-state index contributed by atoms with van der Waals surface area (Å²) in [6.45, 7) is 0.964. The molecule has 33 heavy (non-hydrogen) atoms. The summed E-state index contributed by atoms with van der Waals surface area (Å²) in [7, 11) is -4.64. The summed E-state index contributed by atoms with van der Waals surface area (Å²) >= 11 is 0. The van der Waals surface area contributed by atoms with E-state index in [0.717, 1.165) is 0 Å². The van der Waals surface area contributed by atoms with Crippen molar-refractivity contribution in [2.75, 3.05) is 12.3 Å². The number of aliphatic hydroxyl groups is 2. The van der Waals surface area contributed by atoms with Crippen molar-refractivity contribution in [1.82, 2.24) is 24.2 Å². The molecular formula is C18H20N6O8S. The van der Waals surface area contributed by atoms with Gasteiger partial charge in [-0.05, 0) is 24.6 Å². The zero-order chi connectivity index (χ0) is 23.9. The minimum absolute atomic E-state index is 0.105. The molecule has 1 saturated heterocycles. The number of nitrogens with zero attached hydrogens (tertiary/aromatic N) is 4. The van der Waals surface area contributed by atoms with E-state index < -0.39 is 53.1 Å². The van der Waals surface area contributed by atoms with E-state index in [1.54, 1.807) is 11.6 Å². The van der Waals surface area contributed by atoms with Gasteiger partial charge in [0, 0.05) is 0 Å². The molecule has 4 atom stereocenters. The first-order chi connectivity index (χ1) is 15.6. The van der Waals surface area contributed by atoms with Crippen LogP contribution in [0, 0.1) is 6.92 Å². The van der Waals surface area contributed by atoms with Crippen LogP contribution >= 0.6 is 0 Å². The lowest BCUT2D eigenvalue weighted by Crippen LogP contribution is -2.37. The molecule has 1 aliphatic heterocycles. The van der Waals surface area contributed by atoms with E-state index in [2.05, 4.69) is 15.0 Å². The molecule has 1 amide bonds. The van der Waals surface area contributed by atoms with Crippen LogP contribution in [0.5, 0.6) is 5.75 Å². The predicted molar refractivity (Wildman–Crippen MR) is 111 cm³/mol. The van der Waals surface area contributed by atoms with Crippen molar-refractivity contribution in [3.8, 4) is 5.75 Å². The molecule has 0 saturated carbocycles. The van der Waals surface area contributed by atoms with Gasteiger partial charge in [-0.3, -0.25) is 13.5 Å². The zero-order valence-corrected chi connectivity index (χ0v) is 17.9. The topological polar surface area (TPSA) is 212 Å². The van der Waals surface area contributed by atoms with Gasteiger partial charge in [0.25, 0.3) is 5.91 Å². The summed E-state index contributed by atoms with van der Waals surface area (Å²) in [5, 5.41) is 30.6. The predicted octanol–water partition coefficient (Wildman–Crippen LogP) is -1.27. The van der Waals surface area contributed by atoms with Crippen molar-refractivity contribution in [2.24, 2.45) is 0 Å². The maximum absolute atomic E-state index is 12.2. The van der Waals surface area contributed by atoms with Gasteiger partial charge >= 0.3 is 10.3 Å². The second-order valence-corrected chi connectivity index (χ2v) is 8.67. The first kappa shape index (κ1) is 22.8. The number of nitrogen functional groups attached to an aromatic ring is 1. The third-order valence-corrected chi connectivity index (χ3v) is 5.88. The average Bonchev–Trinajstić information content (AvgIpc) is 3.29. The Morgan fingerprint density at radius 3 is 2.76 bits per heavy atom. The molecule has 4 rings (SSSR count). The molecule has 15 heteroatoms. The molecule has 1 aromatic carbocycles. The number of hydrogen-bond acceptors (Lipinski definition) is 12. The number of nitrogens with one attached hydrogen (secondary N) is 1. The highest BCUT2D eigenvalue weighted by atomic mass is 32.2. The van der Waals surface area contributed by atoms with Crippen molar-refractivity contribution >= 4 is 33.2 Å². The van der Waals surface area contributed by atoms with Crippen LogP contribution in [0.2, 0.25) is 0 Å². The van der Waals surface area contributed by atoms with Crippen LogP contribution in [-0.4, -0.2) is 74.1 Å². The highest BCUT2D eigenvalue weighted by molar-refractivity contribution is 7.85. The Hall–Kier alpha value is -3.37. The number of aromatic hydroxyl groups is 1. The molecule has 3 aromatic rings. The van der Waals surface area contributed by atoms with Gasteiger partial charge in [-0.25, -0.2) is 19.7 Å². The molecule has 0 spiro atoms. The van der Waals surface area contributed by atoms with E-state index in [1.807, 2.05) is 0 Å². The lowest BCUT2D eigenvalue weighted by molar-refractivity contribution is -0.0468. The zero-order valence-electron chi connectivity index (χ0n) is 17.1. The van der Waals surface area contributed by atoms with Crippen molar-refractivity contribution < 1.29 is 37.5 Å². The van der Waals surface area contributed by atoms with Crippen LogP contribution in [0.4, 0.5) is 5.82 Å². The number of phenols is 1. The molecule has 0 radical (unpaired) electrons. The SMILES string of the molecule is Cc1ccc(C(=O)NS(=O)(=O)OCC2OC(n3cnc4c(N)ncnc43)[C@H](O)[C@@H]2O)c(O)c1. The van der Waals surface area contributed by atoms with Crippen LogP contribution in [0.25, 0.3) is 11.2 Å². The van der Waals surface area contributed by atoms with E-state index in [9.17, 15) is 28.5 Å². The van der Waals surface area contributed by atoms with Crippen molar-refractivity contribution in [2.45, 2.75) is 31.5 Å². The van der Waals surface area contributed by atoms with Crippen LogP contribution in [0.3, 0.4) is 0 Å². The van der Waals surface area contributed by atoms with Crippen LogP contribution in [-0.2, 0) is 19.2 Å². The molecule has 14 nitrogen and oxygen atoms in total. The Bertz CT molecular complexity index is 1310. The van der Waals surface area contributed by atoms with Gasteiger partial charge < -0.3 is 25.8 Å². The van der Waals surface area contributed by atoms with Gasteiger partial charge in [0.1, 0.15) is 35.9 Å². The standard InChI is InChI=1S/C18H20N6O8S/c1-8-2-3-9(10(25)4-8)17(28)23-33(29,30)31-5-11-13(26)14(27)18(32-11)24-7-22-12-15(19)20-6-21-16(12)24/h2-4,6-7,11,13-14,18,25-27H,5H2,1H3,(H,23,28)(H2,19,20,21)/t11?,13-,14-,18?/m1/s1. The van der Waals surface area contributed by atoms with Crippen LogP contribution < -0.4 is 10.5 Å². The first-order valence-corrected chi connectivity index (χ1v) is 10.9. The van der Waals surface area contributed by atoms with Gasteiger partial charge in [-0.1, -0.05) is 6.07 Å². The summed E-state index contributed by atoms with van der Waals surface area (Å²) in [6.07, 6.45) is -2.98. The Kier molecular flexibility index (Phi) is 5.89. The minimum atomic E-state index is -4.64. The van der Waals surface area contributed by atoms with E-state index in [1.165, 1.54) is 35.4 Å². The smallest absolute Gasteiger partial charge is 0.362 e. The number of aliphatic hydroxyl groups excluding tert-OH is 2. The number of benzene rings is 1. The highest BCUT2D eigenvalue weighted by Gasteiger charge is 2.45. The van der Waals surface area contributed by atoms with Crippen molar-refractivity contribution in [1.29, 1.82) is 0 Å². The largest absolute Gasteiger partial charge is 0.507 e. The monoisotopic (exact) mass is 480 g/mol. The highest BCUT2D eigenvalue weighted by Crippen LogP contribution is 2.32. The second kappa shape index (κ2) is 8.53. The number of ether oxygens (including phenoxy) is 1. The number of aryl methyl sites for hydroxylation is 1. The number of phenolic OH excluding ortho intramolecular Hbond substituents is 1. The fourth-order valence-electron chi connectivity index (χ4n) is 3.34. The summed E-state index contributed by atoms with van der Waals surface area (Å²) in [4.78, 5) is 24.1. The lowest BCUT2D eigenvalue weighted by atomic mass is 10.1. The molecule has 2 aromatic heterocycles. The number of carbonyl (C=O) groups excluding carboxylic acids is 1. The molecular weight excluding hydrogens is 460 g/mol. The van der Waals surface area contributed by atoms with Gasteiger partial charge in [0.2, 0.25) is 0 Å². The quantitative estimate of drug-likeness (QED) is 0.279. The summed E-state index contributed by atoms with van der Waals surface area (Å²) < 4.78 is 37.7. The number of imidazole rings is 1. The van der Waals surface area contributed by atoms with E-state index in [4.69, 9.17) is 14.7 Å². The number of rotatable bonds is 6. The number of hydrogen-bond donors (Lipinski definition) is 5. The molecule has 6 N–H and O–H groups in total. The summed E-state index contributed by atoms with van der Waals surface area (Å²) in [5.41, 5.74) is 6.63. The van der Waals surface area contributed by atoms with E-state index in [-0.39, 0.29) is 22.5 Å². The van der Waals surface area contributed by atoms with Crippen LogP contribution in [0.15, 0.2) is 30.9 Å². The number of amides is 1. The maximum Gasteiger partial charge on any atom is 0.362 e. The number of nitrogens with two attached hydrogens (primary N) is 1. The van der Waals surface area contributed by atoms with Crippen molar-refractivity contribution in [3.05, 3.63) is 42.0 Å². The number of anilines is 1. The minimum Gasteiger partial charge on any atom is -0.507 e. The van der Waals surface area contributed by atoms with E-state index in [0.29, 0.717) is 5.56 Å². The average molecular weight is 480 g/mol. The van der Waals surface area contributed by atoms with Gasteiger partial charge in [0.05, 0.1) is 18.5 Å². The third-order valence-electron chi connectivity index (χ3n) is 5.00. The Morgan fingerprint density at radius 1 is 1.27 bits per heavy atom. The normalized spacial score (nSPS) is 23.1. The molecule has 2 unspecified atom stereocenters. The number of aromatic nitrogens is 4. The van der Waals surface area contributed by atoms with Gasteiger partial charge in [-0.2, -0.15) is 8.42 Å². The number of carbonyl (C=O) groups is 1. The second-order valence-electron chi connectivity index (χ2n) is 7.32. The summed E-state index contributed by atoms with van der Waals surface area (Å²) in [6, 6.07) is 4.07. The Morgan fingerprint density at radius 2 is 2.03 bits per heavy atom. The van der Waals surface area contributed by atoms with Gasteiger partial charge in [-0.15, -0.1) is 0 Å². The van der Waals surface area contributed by atoms with Crippen LogP contribution in [0.1, 0.15) is 22.1 Å². The Balaban J connectivity index is 1.43. The molecule has 0 bridgehead atoms. The Labute approximate surface area is 186 Å². The number of fused-ring (bicyclic) bond motifs is 1. The fraction of sp³-hybridized carbons (Fsp3) is 0.333. The fourth-order valence-corrected chi connectivity index (χ4v) is 4.05. The molecule has 1 aliphatic rings. The van der Waals surface area contributed by atoms with E-state index >= 15 is 0 Å². The molecule has 0 aliphatic carbocycles. The first-order valence-electron chi connectivity index (χ1n) is 9.53. The third kappa shape index (κ3) is 4.44. The molecule has 176 valence electrons. The molecule has 1 fully saturated rings. The van der Waals surface area contributed by atoms with Crippen molar-refractivity contribution in [3.63, 3.8) is 0 Å².